The van der Waals surface area contributed by atoms with Gasteiger partial charge < -0.3 is 20.5 Å². The fraction of sp³-hybridized carbons (Fsp3) is 0.444. The molecule has 3 N–H and O–H groups in total. The van der Waals surface area contributed by atoms with Crippen molar-refractivity contribution >= 4 is 18.0 Å². The molecule has 0 aliphatic heterocycles. The van der Waals surface area contributed by atoms with Gasteiger partial charge in [0.25, 0.3) is 0 Å². The molecular weight excluding hydrogens is 432 g/mol. The highest BCUT2D eigenvalue weighted by Crippen LogP contribution is 2.44. The number of carbonyl (C=O) groups is 3. The number of carboxylic acids is 1. The number of hydrogen-bond acceptors (Lipinski definition) is 4. The summed E-state index contributed by atoms with van der Waals surface area (Å²) in [5, 5.41) is 14.4. The summed E-state index contributed by atoms with van der Waals surface area (Å²) in [7, 11) is 0. The minimum Gasteiger partial charge on any atom is -0.481 e. The van der Waals surface area contributed by atoms with E-state index in [0.29, 0.717) is 12.5 Å². The van der Waals surface area contributed by atoms with Crippen LogP contribution in [0.1, 0.15) is 57.1 Å². The maximum absolute atomic E-state index is 12.5. The van der Waals surface area contributed by atoms with Crippen LogP contribution in [0, 0.1) is 11.8 Å². The molecule has 0 aromatic heterocycles. The molecule has 3 rings (SSSR count). The van der Waals surface area contributed by atoms with E-state index in [1.54, 1.807) is 6.92 Å². The van der Waals surface area contributed by atoms with Crippen LogP contribution in [0.2, 0.25) is 0 Å². The van der Waals surface area contributed by atoms with Crippen LogP contribution >= 0.6 is 0 Å². The smallest absolute Gasteiger partial charge is 0.407 e. The Kier molecular flexibility index (Phi) is 8.68. The van der Waals surface area contributed by atoms with Gasteiger partial charge in [0.1, 0.15) is 6.61 Å². The summed E-state index contributed by atoms with van der Waals surface area (Å²) in [5.74, 6) is -0.903. The van der Waals surface area contributed by atoms with Crippen LogP contribution in [-0.2, 0) is 14.3 Å². The molecule has 0 radical (unpaired) electrons. The van der Waals surface area contributed by atoms with Gasteiger partial charge in [0.05, 0.1) is 6.42 Å². The zero-order chi connectivity index (χ0) is 24.7. The van der Waals surface area contributed by atoms with Gasteiger partial charge in [0.2, 0.25) is 5.91 Å². The first-order chi connectivity index (χ1) is 16.2. The Labute approximate surface area is 200 Å². The van der Waals surface area contributed by atoms with Gasteiger partial charge in [-0.05, 0) is 47.4 Å². The van der Waals surface area contributed by atoms with Gasteiger partial charge in [-0.15, -0.1) is 0 Å². The van der Waals surface area contributed by atoms with E-state index in [0.717, 1.165) is 17.5 Å². The van der Waals surface area contributed by atoms with Crippen LogP contribution in [-0.4, -0.2) is 42.3 Å². The lowest BCUT2D eigenvalue weighted by Gasteiger charge is -2.21. The largest absolute Gasteiger partial charge is 0.481 e. The number of amides is 2. The second-order valence-electron chi connectivity index (χ2n) is 9.47. The van der Waals surface area contributed by atoms with E-state index in [2.05, 4.69) is 48.7 Å². The van der Waals surface area contributed by atoms with E-state index in [4.69, 9.17) is 9.84 Å². The number of alkyl carbamates (subject to hydrolysis) is 1. The highest BCUT2D eigenvalue weighted by atomic mass is 16.5. The third kappa shape index (κ3) is 6.83. The molecule has 2 atom stereocenters. The Morgan fingerprint density at radius 1 is 0.941 bits per heavy atom. The molecular formula is C27H34N2O5. The van der Waals surface area contributed by atoms with Gasteiger partial charge in [-0.2, -0.15) is 0 Å². The summed E-state index contributed by atoms with van der Waals surface area (Å²) in [4.78, 5) is 35.7. The molecule has 34 heavy (non-hydrogen) atoms. The lowest BCUT2D eigenvalue weighted by Crippen LogP contribution is -2.38. The zero-order valence-corrected chi connectivity index (χ0v) is 20.0. The summed E-state index contributed by atoms with van der Waals surface area (Å²) >= 11 is 0. The molecule has 1 aliphatic carbocycles. The van der Waals surface area contributed by atoms with Crippen molar-refractivity contribution in [3.8, 4) is 11.1 Å². The fourth-order valence-corrected chi connectivity index (χ4v) is 4.69. The van der Waals surface area contributed by atoms with Crippen LogP contribution in [0.4, 0.5) is 4.79 Å². The lowest BCUT2D eigenvalue weighted by atomic mass is 9.93. The van der Waals surface area contributed by atoms with Gasteiger partial charge >= 0.3 is 12.1 Å². The molecule has 2 aromatic carbocycles. The van der Waals surface area contributed by atoms with Crippen molar-refractivity contribution in [3.05, 3.63) is 59.7 Å². The van der Waals surface area contributed by atoms with Crippen LogP contribution in [0.15, 0.2) is 48.5 Å². The molecule has 182 valence electrons. The number of nitrogens with one attached hydrogen (secondary N) is 2. The van der Waals surface area contributed by atoms with E-state index >= 15 is 0 Å². The van der Waals surface area contributed by atoms with E-state index in [1.807, 2.05) is 24.3 Å². The van der Waals surface area contributed by atoms with Gasteiger partial charge in [-0.3, -0.25) is 9.59 Å². The highest BCUT2D eigenvalue weighted by molar-refractivity contribution is 5.79. The molecule has 7 nitrogen and oxygen atoms in total. The minimum atomic E-state index is -0.955. The third-order valence-corrected chi connectivity index (χ3v) is 6.05. The predicted molar refractivity (Wildman–Crippen MR) is 130 cm³/mol. The second-order valence-corrected chi connectivity index (χ2v) is 9.47. The number of carboxylic acid groups (broad SMARTS) is 1. The van der Waals surface area contributed by atoms with Crippen molar-refractivity contribution in [1.82, 2.24) is 10.6 Å². The minimum absolute atomic E-state index is 0.00823. The van der Waals surface area contributed by atoms with Gasteiger partial charge in [0, 0.05) is 24.9 Å². The molecule has 7 heteroatoms. The molecule has 1 aliphatic rings. The molecule has 2 unspecified atom stereocenters. The molecule has 2 amide bonds. The topological polar surface area (TPSA) is 105 Å². The Bertz CT molecular complexity index is 974. The molecule has 0 saturated carbocycles. The number of ether oxygens (including phenoxy) is 1. The van der Waals surface area contributed by atoms with Crippen LogP contribution in [0.25, 0.3) is 11.1 Å². The highest BCUT2D eigenvalue weighted by Gasteiger charge is 2.29. The SMILES string of the molecule is CC(C)CC(CNC(=O)OCC1c2ccccc2-c2ccccc21)CC(=O)NC(C)CC(=O)O. The second kappa shape index (κ2) is 11.7. The summed E-state index contributed by atoms with van der Waals surface area (Å²) in [5.41, 5.74) is 4.65. The van der Waals surface area contributed by atoms with Gasteiger partial charge in [0.15, 0.2) is 0 Å². The fourth-order valence-electron chi connectivity index (χ4n) is 4.69. The number of rotatable bonds is 11. The maximum Gasteiger partial charge on any atom is 0.407 e. The normalized spacial score (nSPS) is 14.1. The first-order valence-corrected chi connectivity index (χ1v) is 11.8. The Balaban J connectivity index is 1.53. The average molecular weight is 467 g/mol. The quantitative estimate of drug-likeness (QED) is 0.450. The average Bonchev–Trinajstić information content (AvgIpc) is 3.08. The Morgan fingerprint density at radius 2 is 1.53 bits per heavy atom. The van der Waals surface area contributed by atoms with E-state index in [-0.39, 0.29) is 37.2 Å². The van der Waals surface area contributed by atoms with Crippen LogP contribution in [0.5, 0.6) is 0 Å². The van der Waals surface area contributed by atoms with Crippen molar-refractivity contribution < 1.29 is 24.2 Å². The van der Waals surface area contributed by atoms with Gasteiger partial charge in [-0.1, -0.05) is 62.4 Å². The Hall–Kier alpha value is -3.35. The van der Waals surface area contributed by atoms with Crippen molar-refractivity contribution in [3.63, 3.8) is 0 Å². The maximum atomic E-state index is 12.5. The molecule has 0 spiro atoms. The van der Waals surface area contributed by atoms with Gasteiger partial charge in [-0.25, -0.2) is 4.79 Å². The number of carbonyl (C=O) groups excluding carboxylic acids is 2. The standard InChI is InChI=1S/C27H34N2O5/c1-17(2)12-19(14-25(30)29-18(3)13-26(31)32)15-28-27(33)34-16-24-22-10-6-4-8-20(22)21-9-5-7-11-23(21)24/h4-11,17-19,24H,12-16H2,1-3H3,(H,28,33)(H,29,30)(H,31,32). The van der Waals surface area contributed by atoms with Crippen molar-refractivity contribution in [1.29, 1.82) is 0 Å². The van der Waals surface area contributed by atoms with Crippen molar-refractivity contribution in [2.45, 2.75) is 52.0 Å². The number of fused-ring (bicyclic) bond motifs is 3. The molecule has 0 heterocycles. The summed E-state index contributed by atoms with van der Waals surface area (Å²) in [6, 6.07) is 15.9. The number of benzene rings is 2. The predicted octanol–water partition coefficient (Wildman–Crippen LogP) is 4.56. The van der Waals surface area contributed by atoms with Crippen molar-refractivity contribution in [2.24, 2.45) is 11.8 Å². The molecule has 2 aromatic rings. The van der Waals surface area contributed by atoms with Crippen LogP contribution < -0.4 is 10.6 Å². The zero-order valence-electron chi connectivity index (χ0n) is 20.0. The molecule has 0 fully saturated rings. The first kappa shape index (κ1) is 25.3. The van der Waals surface area contributed by atoms with E-state index < -0.39 is 18.1 Å². The number of hydrogen-bond donors (Lipinski definition) is 3. The summed E-state index contributed by atoms with van der Waals surface area (Å²) in [6.07, 6.45) is 0.338. The third-order valence-electron chi connectivity index (χ3n) is 6.05. The molecule has 0 saturated heterocycles. The first-order valence-electron chi connectivity index (χ1n) is 11.8. The lowest BCUT2D eigenvalue weighted by molar-refractivity contribution is -0.137. The Morgan fingerprint density at radius 3 is 2.09 bits per heavy atom. The summed E-state index contributed by atoms with van der Waals surface area (Å²) in [6.45, 7) is 6.34. The van der Waals surface area contributed by atoms with E-state index in [1.165, 1.54) is 11.1 Å². The molecule has 0 bridgehead atoms. The monoisotopic (exact) mass is 466 g/mol. The summed E-state index contributed by atoms with van der Waals surface area (Å²) < 4.78 is 5.59. The van der Waals surface area contributed by atoms with Crippen LogP contribution in [0.3, 0.4) is 0 Å². The number of aliphatic carboxylic acids is 1. The van der Waals surface area contributed by atoms with E-state index in [9.17, 15) is 14.4 Å². The van der Waals surface area contributed by atoms with Crippen molar-refractivity contribution in [2.75, 3.05) is 13.2 Å².